The fraction of sp³-hybridized carbons (Fsp3) is 0.259. The van der Waals surface area contributed by atoms with Gasteiger partial charge >= 0.3 is 0 Å². The van der Waals surface area contributed by atoms with E-state index in [0.717, 1.165) is 33.9 Å². The number of benzene rings is 1. The Balaban J connectivity index is 1.39. The van der Waals surface area contributed by atoms with Gasteiger partial charge in [-0.05, 0) is 57.4 Å². The molecule has 0 aliphatic heterocycles. The first-order valence-corrected chi connectivity index (χ1v) is 12.3. The molecule has 1 aromatic carbocycles. The molecular formula is C27H27N9O. The van der Waals surface area contributed by atoms with Crippen LogP contribution in [0.2, 0.25) is 0 Å². The van der Waals surface area contributed by atoms with Crippen molar-refractivity contribution in [3.05, 3.63) is 78.4 Å². The van der Waals surface area contributed by atoms with Crippen LogP contribution in [-0.4, -0.2) is 45.4 Å². The van der Waals surface area contributed by atoms with Crippen LogP contribution < -0.4 is 5.32 Å². The lowest BCUT2D eigenvalue weighted by molar-refractivity contribution is 0.102. The van der Waals surface area contributed by atoms with E-state index in [1.807, 2.05) is 55.9 Å². The highest BCUT2D eigenvalue weighted by Crippen LogP contribution is 2.40. The molecule has 0 saturated heterocycles. The Kier molecular flexibility index (Phi) is 5.63. The van der Waals surface area contributed by atoms with Gasteiger partial charge in [0.2, 0.25) is 0 Å². The number of aromatic nitrogens is 8. The van der Waals surface area contributed by atoms with Crippen LogP contribution in [0.4, 0.5) is 5.82 Å². The minimum Gasteiger partial charge on any atom is -0.345 e. The Morgan fingerprint density at radius 3 is 2.78 bits per heavy atom. The molecule has 2 N–H and O–H groups in total. The van der Waals surface area contributed by atoms with Gasteiger partial charge in [0, 0.05) is 23.7 Å². The molecule has 0 atom stereocenters. The SMILES string of the molecule is Cc1ccc(C(=O)Nc2cccc(-c3cnnn3C(C)C)n2)c(-c2cnc[nH]2)c1-n1cnc(C2CC2)c1. The topological polar surface area (TPSA) is 119 Å². The van der Waals surface area contributed by atoms with Gasteiger partial charge in [-0.2, -0.15) is 0 Å². The maximum Gasteiger partial charge on any atom is 0.257 e. The van der Waals surface area contributed by atoms with Crippen LogP contribution in [0.25, 0.3) is 28.3 Å². The number of carbonyl (C=O) groups excluding carboxylic acids is 1. The fourth-order valence-corrected chi connectivity index (χ4v) is 4.57. The van der Waals surface area contributed by atoms with Gasteiger partial charge in [0.1, 0.15) is 11.5 Å². The second kappa shape index (κ2) is 9.12. The van der Waals surface area contributed by atoms with Gasteiger partial charge < -0.3 is 14.9 Å². The van der Waals surface area contributed by atoms with Gasteiger partial charge in [0.25, 0.3) is 5.91 Å². The summed E-state index contributed by atoms with van der Waals surface area (Å²) in [5.74, 6) is 0.702. The minimum atomic E-state index is -0.270. The Morgan fingerprint density at radius 2 is 2.03 bits per heavy atom. The molecule has 1 amide bonds. The summed E-state index contributed by atoms with van der Waals surface area (Å²) >= 11 is 0. The summed E-state index contributed by atoms with van der Waals surface area (Å²) < 4.78 is 3.81. The van der Waals surface area contributed by atoms with Crippen molar-refractivity contribution in [2.75, 3.05) is 5.32 Å². The number of amides is 1. The average molecular weight is 494 g/mol. The summed E-state index contributed by atoms with van der Waals surface area (Å²) in [7, 11) is 0. The third kappa shape index (κ3) is 4.31. The number of H-pyrrole nitrogens is 1. The lowest BCUT2D eigenvalue weighted by atomic mass is 9.98. The van der Waals surface area contributed by atoms with Crippen molar-refractivity contribution < 1.29 is 4.79 Å². The number of imidazole rings is 2. The highest BCUT2D eigenvalue weighted by atomic mass is 16.1. The number of carbonyl (C=O) groups is 1. The number of hydrogen-bond acceptors (Lipinski definition) is 6. The lowest BCUT2D eigenvalue weighted by Gasteiger charge is -2.17. The highest BCUT2D eigenvalue weighted by Gasteiger charge is 2.27. The summed E-state index contributed by atoms with van der Waals surface area (Å²) in [6.07, 6.45) is 11.3. The van der Waals surface area contributed by atoms with Crippen LogP contribution in [0.15, 0.2) is 61.6 Å². The zero-order valence-corrected chi connectivity index (χ0v) is 20.9. The molecule has 1 aliphatic rings. The van der Waals surface area contributed by atoms with Gasteiger partial charge in [-0.1, -0.05) is 17.3 Å². The maximum atomic E-state index is 13.7. The Labute approximate surface area is 213 Å². The molecule has 1 saturated carbocycles. The van der Waals surface area contributed by atoms with Crippen LogP contribution in [0.5, 0.6) is 0 Å². The van der Waals surface area contributed by atoms with Crippen molar-refractivity contribution in [3.8, 4) is 28.3 Å². The number of pyridine rings is 1. The zero-order chi connectivity index (χ0) is 25.5. The smallest absolute Gasteiger partial charge is 0.257 e. The molecule has 0 bridgehead atoms. The first kappa shape index (κ1) is 22.8. The van der Waals surface area contributed by atoms with Crippen LogP contribution in [0.1, 0.15) is 60.3 Å². The number of aryl methyl sites for hydroxylation is 1. The number of aromatic amines is 1. The monoisotopic (exact) mass is 493 g/mol. The van der Waals surface area contributed by atoms with Crippen molar-refractivity contribution >= 4 is 11.7 Å². The molecule has 186 valence electrons. The maximum absolute atomic E-state index is 13.7. The van der Waals surface area contributed by atoms with E-state index in [1.165, 1.54) is 12.8 Å². The molecule has 6 rings (SSSR count). The number of hydrogen-bond donors (Lipinski definition) is 2. The molecule has 1 fully saturated rings. The van der Waals surface area contributed by atoms with Crippen molar-refractivity contribution in [2.45, 2.75) is 45.6 Å². The van der Waals surface area contributed by atoms with Gasteiger partial charge in [0.15, 0.2) is 0 Å². The second-order valence-electron chi connectivity index (χ2n) is 9.62. The molecule has 0 spiro atoms. The average Bonchev–Trinajstić information content (AvgIpc) is 3.30. The van der Waals surface area contributed by atoms with E-state index in [2.05, 4.69) is 41.8 Å². The minimum absolute atomic E-state index is 0.129. The number of nitrogens with one attached hydrogen (secondary N) is 2. The van der Waals surface area contributed by atoms with E-state index in [-0.39, 0.29) is 11.9 Å². The molecule has 4 aromatic heterocycles. The van der Waals surface area contributed by atoms with E-state index in [9.17, 15) is 4.79 Å². The Morgan fingerprint density at radius 1 is 1.16 bits per heavy atom. The van der Waals surface area contributed by atoms with Crippen LogP contribution in [0.3, 0.4) is 0 Å². The number of anilines is 1. The van der Waals surface area contributed by atoms with E-state index >= 15 is 0 Å². The zero-order valence-electron chi connectivity index (χ0n) is 20.9. The Bertz CT molecular complexity index is 1580. The molecule has 37 heavy (non-hydrogen) atoms. The van der Waals surface area contributed by atoms with Gasteiger partial charge in [0.05, 0.1) is 53.4 Å². The van der Waals surface area contributed by atoms with E-state index in [1.54, 1.807) is 29.5 Å². The van der Waals surface area contributed by atoms with Crippen molar-refractivity contribution in [2.24, 2.45) is 0 Å². The van der Waals surface area contributed by atoms with Gasteiger partial charge in [-0.3, -0.25) is 4.79 Å². The standard InChI is InChI=1S/C27H27N9O/c1-16(2)36-23(12-31-34-36)20-5-4-6-24(32-20)33-27(37)19-10-7-17(3)26(25(19)21-11-28-14-29-21)35-13-22(30-15-35)18-8-9-18/h4-7,10-16,18H,8-9H2,1-3H3,(H,28,29)(H,32,33,37). The second-order valence-corrected chi connectivity index (χ2v) is 9.62. The molecule has 0 radical (unpaired) electrons. The third-order valence-corrected chi connectivity index (χ3v) is 6.57. The Hall–Kier alpha value is -4.60. The largest absolute Gasteiger partial charge is 0.345 e. The fourth-order valence-electron chi connectivity index (χ4n) is 4.57. The summed E-state index contributed by atoms with van der Waals surface area (Å²) in [6.45, 7) is 6.10. The van der Waals surface area contributed by atoms with Crippen molar-refractivity contribution in [1.29, 1.82) is 0 Å². The predicted octanol–water partition coefficient (Wildman–Crippen LogP) is 4.93. The predicted molar refractivity (Wildman–Crippen MR) is 139 cm³/mol. The van der Waals surface area contributed by atoms with Gasteiger partial charge in [-0.25, -0.2) is 19.6 Å². The molecule has 5 aromatic rings. The van der Waals surface area contributed by atoms with Crippen molar-refractivity contribution in [1.82, 2.24) is 39.5 Å². The number of nitrogens with zero attached hydrogens (tertiary/aromatic N) is 7. The quantitative estimate of drug-likeness (QED) is 0.332. The highest BCUT2D eigenvalue weighted by molar-refractivity contribution is 6.09. The summed E-state index contributed by atoms with van der Waals surface area (Å²) in [6, 6.07) is 9.43. The van der Waals surface area contributed by atoms with Gasteiger partial charge in [-0.15, -0.1) is 5.10 Å². The van der Waals surface area contributed by atoms with Crippen LogP contribution in [0, 0.1) is 6.92 Å². The van der Waals surface area contributed by atoms with Crippen LogP contribution >= 0.6 is 0 Å². The van der Waals surface area contributed by atoms with Crippen LogP contribution in [-0.2, 0) is 0 Å². The molecule has 1 aliphatic carbocycles. The lowest BCUT2D eigenvalue weighted by Crippen LogP contribution is -2.16. The summed E-state index contributed by atoms with van der Waals surface area (Å²) in [5.41, 5.74) is 6.48. The van der Waals surface area contributed by atoms with E-state index in [0.29, 0.717) is 23.0 Å². The summed E-state index contributed by atoms with van der Waals surface area (Å²) in [4.78, 5) is 30.4. The third-order valence-electron chi connectivity index (χ3n) is 6.57. The van der Waals surface area contributed by atoms with Crippen molar-refractivity contribution in [3.63, 3.8) is 0 Å². The first-order valence-electron chi connectivity index (χ1n) is 12.3. The number of rotatable bonds is 7. The summed E-state index contributed by atoms with van der Waals surface area (Å²) in [5, 5.41) is 11.2. The molecular weight excluding hydrogens is 466 g/mol. The molecule has 4 heterocycles. The van der Waals surface area contributed by atoms with E-state index in [4.69, 9.17) is 0 Å². The molecule has 10 heteroatoms. The molecule has 10 nitrogen and oxygen atoms in total. The normalized spacial score (nSPS) is 13.3. The van der Waals surface area contributed by atoms with E-state index < -0.39 is 0 Å². The molecule has 0 unspecified atom stereocenters. The first-order chi connectivity index (χ1) is 18.0.